The van der Waals surface area contributed by atoms with Crippen LogP contribution in [0.15, 0.2) is 48.8 Å². The first kappa shape index (κ1) is 13.7. The van der Waals surface area contributed by atoms with Gasteiger partial charge >= 0.3 is 0 Å². The van der Waals surface area contributed by atoms with E-state index >= 15 is 0 Å². The molecule has 3 heteroatoms. The number of aromatic nitrogens is 1. The Morgan fingerprint density at radius 1 is 1.05 bits per heavy atom. The summed E-state index contributed by atoms with van der Waals surface area (Å²) in [5.74, 6) is -0.101. The van der Waals surface area contributed by atoms with Crippen LogP contribution in [0.25, 0.3) is 0 Å². The van der Waals surface area contributed by atoms with Gasteiger partial charge in [-0.25, -0.2) is 0 Å². The van der Waals surface area contributed by atoms with Crippen molar-refractivity contribution >= 4 is 0 Å². The lowest BCUT2D eigenvalue weighted by Crippen LogP contribution is -2.20. The predicted molar refractivity (Wildman–Crippen MR) is 76.8 cm³/mol. The van der Waals surface area contributed by atoms with E-state index in [1.807, 2.05) is 24.3 Å². The summed E-state index contributed by atoms with van der Waals surface area (Å²) in [6, 6.07) is 11.9. The van der Waals surface area contributed by atoms with Crippen LogP contribution in [0.3, 0.4) is 0 Å². The Kier molecular flexibility index (Phi) is 4.66. The summed E-state index contributed by atoms with van der Waals surface area (Å²) in [6.07, 6.45) is 3.87. The van der Waals surface area contributed by atoms with E-state index in [1.165, 1.54) is 5.56 Å². The van der Waals surface area contributed by atoms with Crippen molar-refractivity contribution < 1.29 is 5.11 Å². The SMILES string of the molecule is CCc1ccc(C(O)C(CN)c2ccncc2)cc1. The largest absolute Gasteiger partial charge is 0.388 e. The predicted octanol–water partition coefficient (Wildman–Crippen LogP) is 2.42. The molecule has 0 saturated heterocycles. The van der Waals surface area contributed by atoms with Crippen LogP contribution in [0.2, 0.25) is 0 Å². The van der Waals surface area contributed by atoms with Crippen LogP contribution >= 0.6 is 0 Å². The highest BCUT2D eigenvalue weighted by molar-refractivity contribution is 5.28. The summed E-state index contributed by atoms with van der Waals surface area (Å²) >= 11 is 0. The molecule has 100 valence electrons. The first-order valence-electron chi connectivity index (χ1n) is 6.63. The van der Waals surface area contributed by atoms with Gasteiger partial charge in [-0.2, -0.15) is 0 Å². The third-order valence-corrected chi connectivity index (χ3v) is 3.50. The van der Waals surface area contributed by atoms with Gasteiger partial charge in [0, 0.05) is 24.9 Å². The van der Waals surface area contributed by atoms with Crippen LogP contribution in [0.4, 0.5) is 0 Å². The molecular weight excluding hydrogens is 236 g/mol. The van der Waals surface area contributed by atoms with E-state index in [2.05, 4.69) is 24.0 Å². The molecule has 1 heterocycles. The lowest BCUT2D eigenvalue weighted by molar-refractivity contribution is 0.147. The van der Waals surface area contributed by atoms with Gasteiger partial charge in [0.1, 0.15) is 0 Å². The molecule has 0 aliphatic rings. The van der Waals surface area contributed by atoms with Gasteiger partial charge in [-0.3, -0.25) is 4.98 Å². The zero-order valence-electron chi connectivity index (χ0n) is 11.2. The molecule has 1 aromatic carbocycles. The summed E-state index contributed by atoms with van der Waals surface area (Å²) in [4.78, 5) is 3.99. The van der Waals surface area contributed by atoms with E-state index in [-0.39, 0.29) is 5.92 Å². The average Bonchev–Trinajstić information content (AvgIpc) is 2.49. The van der Waals surface area contributed by atoms with E-state index < -0.39 is 6.10 Å². The fourth-order valence-corrected chi connectivity index (χ4v) is 2.24. The van der Waals surface area contributed by atoms with Crippen molar-refractivity contribution in [3.05, 3.63) is 65.5 Å². The molecule has 3 nitrogen and oxygen atoms in total. The number of hydrogen-bond acceptors (Lipinski definition) is 3. The van der Waals surface area contributed by atoms with Gasteiger partial charge in [-0.1, -0.05) is 31.2 Å². The summed E-state index contributed by atoms with van der Waals surface area (Å²) in [6.45, 7) is 2.52. The quantitative estimate of drug-likeness (QED) is 0.863. The number of aryl methyl sites for hydroxylation is 1. The first-order valence-corrected chi connectivity index (χ1v) is 6.63. The van der Waals surface area contributed by atoms with E-state index in [4.69, 9.17) is 5.73 Å². The molecule has 0 spiro atoms. The summed E-state index contributed by atoms with van der Waals surface area (Å²) in [5.41, 5.74) is 9.01. The van der Waals surface area contributed by atoms with Crippen LogP contribution in [0.5, 0.6) is 0 Å². The van der Waals surface area contributed by atoms with Gasteiger partial charge in [-0.05, 0) is 35.2 Å². The van der Waals surface area contributed by atoms with Crippen LogP contribution in [0.1, 0.15) is 35.6 Å². The molecule has 0 fully saturated rings. The number of benzene rings is 1. The molecule has 3 N–H and O–H groups in total. The maximum absolute atomic E-state index is 10.5. The van der Waals surface area contributed by atoms with E-state index in [0.717, 1.165) is 17.5 Å². The molecule has 0 radical (unpaired) electrons. The van der Waals surface area contributed by atoms with E-state index in [1.54, 1.807) is 12.4 Å². The number of aliphatic hydroxyl groups is 1. The Morgan fingerprint density at radius 3 is 2.21 bits per heavy atom. The van der Waals surface area contributed by atoms with Gasteiger partial charge in [0.25, 0.3) is 0 Å². The topological polar surface area (TPSA) is 59.1 Å². The van der Waals surface area contributed by atoms with Crippen LogP contribution in [-0.4, -0.2) is 16.6 Å². The van der Waals surface area contributed by atoms with Crippen molar-refractivity contribution in [2.45, 2.75) is 25.4 Å². The maximum atomic E-state index is 10.5. The number of rotatable bonds is 5. The monoisotopic (exact) mass is 256 g/mol. The van der Waals surface area contributed by atoms with Crippen molar-refractivity contribution in [1.29, 1.82) is 0 Å². The molecule has 19 heavy (non-hydrogen) atoms. The minimum absolute atomic E-state index is 0.101. The third-order valence-electron chi connectivity index (χ3n) is 3.50. The number of aliphatic hydroxyl groups excluding tert-OH is 1. The van der Waals surface area contributed by atoms with Gasteiger partial charge in [0.15, 0.2) is 0 Å². The van der Waals surface area contributed by atoms with Crippen LogP contribution < -0.4 is 5.73 Å². The van der Waals surface area contributed by atoms with E-state index in [0.29, 0.717) is 6.54 Å². The standard InChI is InChI=1S/C16H20N2O/c1-2-12-3-5-14(6-4-12)16(19)15(11-17)13-7-9-18-10-8-13/h3-10,15-16,19H,2,11,17H2,1H3. The zero-order valence-corrected chi connectivity index (χ0v) is 11.2. The minimum Gasteiger partial charge on any atom is -0.388 e. The molecule has 0 saturated carbocycles. The molecule has 0 aliphatic carbocycles. The average molecular weight is 256 g/mol. The molecule has 2 unspecified atom stereocenters. The second-order valence-electron chi connectivity index (χ2n) is 4.66. The number of pyridine rings is 1. The Hall–Kier alpha value is -1.71. The Labute approximate surface area is 114 Å². The van der Waals surface area contributed by atoms with E-state index in [9.17, 15) is 5.11 Å². The third kappa shape index (κ3) is 3.19. The second-order valence-corrected chi connectivity index (χ2v) is 4.66. The van der Waals surface area contributed by atoms with Gasteiger partial charge < -0.3 is 10.8 Å². The second kappa shape index (κ2) is 6.45. The lowest BCUT2D eigenvalue weighted by atomic mass is 9.89. The highest BCUT2D eigenvalue weighted by atomic mass is 16.3. The number of nitrogens with zero attached hydrogens (tertiary/aromatic N) is 1. The molecule has 2 rings (SSSR count). The molecule has 0 bridgehead atoms. The fraction of sp³-hybridized carbons (Fsp3) is 0.312. The van der Waals surface area contributed by atoms with Crippen molar-refractivity contribution in [3.8, 4) is 0 Å². The molecule has 2 aromatic rings. The molecular formula is C16H20N2O. The summed E-state index contributed by atoms with van der Waals surface area (Å²) < 4.78 is 0. The molecule has 1 aromatic heterocycles. The first-order chi connectivity index (χ1) is 9.26. The van der Waals surface area contributed by atoms with Crippen molar-refractivity contribution in [1.82, 2.24) is 4.98 Å². The Balaban J connectivity index is 2.22. The van der Waals surface area contributed by atoms with Crippen molar-refractivity contribution in [2.75, 3.05) is 6.54 Å². The van der Waals surface area contributed by atoms with Gasteiger partial charge in [0.2, 0.25) is 0 Å². The molecule has 0 amide bonds. The summed E-state index contributed by atoms with van der Waals surface area (Å²) in [5, 5.41) is 10.5. The highest BCUT2D eigenvalue weighted by Gasteiger charge is 2.21. The van der Waals surface area contributed by atoms with Crippen molar-refractivity contribution in [2.24, 2.45) is 5.73 Å². The zero-order chi connectivity index (χ0) is 13.7. The normalized spacial score (nSPS) is 14.1. The van der Waals surface area contributed by atoms with Gasteiger partial charge in [-0.15, -0.1) is 0 Å². The lowest BCUT2D eigenvalue weighted by Gasteiger charge is -2.22. The van der Waals surface area contributed by atoms with Crippen molar-refractivity contribution in [3.63, 3.8) is 0 Å². The molecule has 2 atom stereocenters. The number of hydrogen-bond donors (Lipinski definition) is 2. The molecule has 0 aliphatic heterocycles. The van der Waals surface area contributed by atoms with Gasteiger partial charge in [0.05, 0.1) is 6.10 Å². The highest BCUT2D eigenvalue weighted by Crippen LogP contribution is 2.29. The Bertz CT molecular complexity index is 496. The van der Waals surface area contributed by atoms with Crippen LogP contribution in [0, 0.1) is 0 Å². The number of nitrogens with two attached hydrogens (primary N) is 1. The smallest absolute Gasteiger partial charge is 0.0870 e. The minimum atomic E-state index is -0.585. The fourth-order valence-electron chi connectivity index (χ4n) is 2.24. The summed E-state index contributed by atoms with van der Waals surface area (Å²) in [7, 11) is 0. The Morgan fingerprint density at radius 2 is 1.68 bits per heavy atom. The van der Waals surface area contributed by atoms with Crippen LogP contribution in [-0.2, 0) is 6.42 Å². The maximum Gasteiger partial charge on any atom is 0.0870 e.